The van der Waals surface area contributed by atoms with Crippen LogP contribution in [0.25, 0.3) is 5.65 Å². The zero-order valence-electron chi connectivity index (χ0n) is 14.6. The fraction of sp³-hybridized carbons (Fsp3) is 0.632. The quantitative estimate of drug-likeness (QED) is 0.922. The molecule has 0 aliphatic heterocycles. The summed E-state index contributed by atoms with van der Waals surface area (Å²) in [4.78, 5) is 17.3. The van der Waals surface area contributed by atoms with E-state index in [2.05, 4.69) is 29.2 Å². The van der Waals surface area contributed by atoms with E-state index < -0.39 is 0 Å². The van der Waals surface area contributed by atoms with Gasteiger partial charge < -0.3 is 5.32 Å². The molecule has 4 rings (SSSR count). The number of hydrogen-bond acceptors (Lipinski definition) is 3. The smallest absolute Gasteiger partial charge is 0.256 e. The summed E-state index contributed by atoms with van der Waals surface area (Å²) in [6.07, 6.45) is 11.6. The van der Waals surface area contributed by atoms with E-state index in [0.717, 1.165) is 19.3 Å². The van der Waals surface area contributed by atoms with Gasteiger partial charge in [-0.15, -0.1) is 0 Å². The Balaban J connectivity index is 1.61. The number of fused-ring (bicyclic) bond motifs is 3. The van der Waals surface area contributed by atoms with E-state index in [1.54, 1.807) is 6.20 Å². The topological polar surface area (TPSA) is 59.3 Å². The Kier molecular flexibility index (Phi) is 4.02. The molecule has 1 fully saturated rings. The molecule has 0 spiro atoms. The number of rotatable bonds is 2. The lowest BCUT2D eigenvalue weighted by atomic mass is 9.78. The number of carbonyl (C=O) groups is 1. The van der Waals surface area contributed by atoms with E-state index in [1.807, 2.05) is 10.7 Å². The molecule has 1 saturated carbocycles. The molecule has 5 heteroatoms. The van der Waals surface area contributed by atoms with Crippen LogP contribution in [0, 0.1) is 11.8 Å². The van der Waals surface area contributed by atoms with Crippen LogP contribution in [0.15, 0.2) is 12.4 Å². The van der Waals surface area contributed by atoms with Gasteiger partial charge in [-0.25, -0.2) is 9.50 Å². The summed E-state index contributed by atoms with van der Waals surface area (Å²) in [5.74, 6) is 1.16. The van der Waals surface area contributed by atoms with Gasteiger partial charge in [0.15, 0.2) is 5.65 Å². The number of aromatic nitrogens is 3. The van der Waals surface area contributed by atoms with Crippen LogP contribution in [0.1, 0.15) is 67.6 Å². The van der Waals surface area contributed by atoms with E-state index in [0.29, 0.717) is 23.0 Å². The van der Waals surface area contributed by atoms with Crippen LogP contribution < -0.4 is 5.32 Å². The molecule has 2 aromatic rings. The first-order chi connectivity index (χ1) is 11.6. The Morgan fingerprint density at radius 3 is 2.88 bits per heavy atom. The number of amides is 1. The Morgan fingerprint density at radius 2 is 2.00 bits per heavy atom. The molecule has 2 heterocycles. The molecule has 1 amide bonds. The first kappa shape index (κ1) is 15.6. The van der Waals surface area contributed by atoms with Crippen molar-refractivity contribution in [3.63, 3.8) is 0 Å². The predicted octanol–water partition coefficient (Wildman–Crippen LogP) is 3.16. The average Bonchev–Trinajstić information content (AvgIpc) is 3.03. The van der Waals surface area contributed by atoms with Gasteiger partial charge in [0.2, 0.25) is 0 Å². The lowest BCUT2D eigenvalue weighted by Gasteiger charge is -2.34. The number of hydrogen-bond donors (Lipinski definition) is 1. The van der Waals surface area contributed by atoms with Gasteiger partial charge >= 0.3 is 0 Å². The minimum absolute atomic E-state index is 0.0285. The minimum Gasteiger partial charge on any atom is -0.349 e. The van der Waals surface area contributed by atoms with Crippen LogP contribution in [0.3, 0.4) is 0 Å². The molecular weight excluding hydrogens is 300 g/mol. The highest BCUT2D eigenvalue weighted by molar-refractivity contribution is 5.99. The van der Waals surface area contributed by atoms with Crippen molar-refractivity contribution < 1.29 is 4.79 Å². The molecular formula is C19H26N4O. The highest BCUT2D eigenvalue weighted by atomic mass is 16.1. The summed E-state index contributed by atoms with van der Waals surface area (Å²) in [6.45, 7) is 4.53. The van der Waals surface area contributed by atoms with Crippen molar-refractivity contribution >= 4 is 11.6 Å². The maximum absolute atomic E-state index is 12.8. The van der Waals surface area contributed by atoms with Gasteiger partial charge in [-0.3, -0.25) is 4.79 Å². The Morgan fingerprint density at radius 1 is 1.17 bits per heavy atom. The van der Waals surface area contributed by atoms with Crippen LogP contribution in [-0.2, 0) is 12.8 Å². The Bertz CT molecular complexity index is 766. The fourth-order valence-corrected chi connectivity index (χ4v) is 4.29. The summed E-state index contributed by atoms with van der Waals surface area (Å²) in [6, 6.07) is 0.258. The summed E-state index contributed by atoms with van der Waals surface area (Å²) in [5.41, 5.74) is 3.81. The van der Waals surface area contributed by atoms with Crippen molar-refractivity contribution in [2.45, 2.75) is 64.8 Å². The van der Waals surface area contributed by atoms with Gasteiger partial charge in [-0.2, -0.15) is 5.10 Å². The van der Waals surface area contributed by atoms with Crippen molar-refractivity contribution in [2.24, 2.45) is 11.8 Å². The maximum Gasteiger partial charge on any atom is 0.256 e. The zero-order chi connectivity index (χ0) is 16.7. The van der Waals surface area contributed by atoms with Gasteiger partial charge in [0.1, 0.15) is 5.56 Å². The third kappa shape index (κ3) is 2.60. The minimum atomic E-state index is -0.0285. The predicted molar refractivity (Wildman–Crippen MR) is 93.1 cm³/mol. The second-order valence-corrected chi connectivity index (χ2v) is 7.58. The van der Waals surface area contributed by atoms with Crippen molar-refractivity contribution in [1.82, 2.24) is 19.9 Å². The maximum atomic E-state index is 12.8. The molecule has 2 aromatic heterocycles. The molecule has 0 aromatic carbocycles. The normalized spacial score (nSPS) is 27.0. The largest absolute Gasteiger partial charge is 0.349 e. The standard InChI is InChI=1S/C19H26N4O/c1-12-6-5-8-16(13(12)2)22-19(24)15-11-21-23-17-9-4-3-7-14(17)10-20-18(15)23/h10-13,16H,3-9H2,1-2H3,(H,22,24). The first-order valence-electron chi connectivity index (χ1n) is 9.30. The van der Waals surface area contributed by atoms with E-state index in [4.69, 9.17) is 0 Å². The molecule has 2 aliphatic carbocycles. The van der Waals surface area contributed by atoms with Crippen molar-refractivity contribution in [3.8, 4) is 0 Å². The molecule has 3 atom stereocenters. The third-order valence-electron chi connectivity index (χ3n) is 6.09. The third-order valence-corrected chi connectivity index (χ3v) is 6.09. The number of nitrogens with one attached hydrogen (secondary N) is 1. The van der Waals surface area contributed by atoms with Crippen molar-refractivity contribution in [1.29, 1.82) is 0 Å². The molecule has 24 heavy (non-hydrogen) atoms. The summed E-state index contributed by atoms with van der Waals surface area (Å²) < 4.78 is 1.89. The SMILES string of the molecule is CC1CCCC(NC(=O)c2cnn3c4c(cnc23)CCCC4)C1C. The van der Waals surface area contributed by atoms with Gasteiger partial charge in [0.05, 0.1) is 6.20 Å². The van der Waals surface area contributed by atoms with Crippen molar-refractivity contribution in [2.75, 3.05) is 0 Å². The van der Waals surface area contributed by atoms with Gasteiger partial charge in [0.25, 0.3) is 5.91 Å². The van der Waals surface area contributed by atoms with Crippen LogP contribution in [0.4, 0.5) is 0 Å². The van der Waals surface area contributed by atoms with Crippen LogP contribution in [0.2, 0.25) is 0 Å². The van der Waals surface area contributed by atoms with Gasteiger partial charge in [0, 0.05) is 17.9 Å². The van der Waals surface area contributed by atoms with Gasteiger partial charge in [-0.1, -0.05) is 26.7 Å². The van der Waals surface area contributed by atoms with Crippen LogP contribution in [0.5, 0.6) is 0 Å². The molecule has 0 radical (unpaired) electrons. The lowest BCUT2D eigenvalue weighted by Crippen LogP contribution is -2.43. The highest BCUT2D eigenvalue weighted by Crippen LogP contribution is 2.30. The molecule has 2 aliphatic rings. The molecule has 3 unspecified atom stereocenters. The first-order valence-corrected chi connectivity index (χ1v) is 9.30. The van der Waals surface area contributed by atoms with E-state index in [1.165, 1.54) is 36.9 Å². The monoisotopic (exact) mass is 326 g/mol. The second-order valence-electron chi connectivity index (χ2n) is 7.58. The van der Waals surface area contributed by atoms with Crippen LogP contribution >= 0.6 is 0 Å². The van der Waals surface area contributed by atoms with E-state index >= 15 is 0 Å². The number of carbonyl (C=O) groups excluding carboxylic acids is 1. The fourth-order valence-electron chi connectivity index (χ4n) is 4.29. The molecule has 1 N–H and O–H groups in total. The second kappa shape index (κ2) is 6.19. The average molecular weight is 326 g/mol. The van der Waals surface area contributed by atoms with E-state index in [9.17, 15) is 4.79 Å². The summed E-state index contributed by atoms with van der Waals surface area (Å²) in [5, 5.41) is 7.71. The summed E-state index contributed by atoms with van der Waals surface area (Å²) >= 11 is 0. The van der Waals surface area contributed by atoms with E-state index in [-0.39, 0.29) is 11.9 Å². The Hall–Kier alpha value is -1.91. The Labute approximate surface area is 142 Å². The molecule has 0 bridgehead atoms. The summed E-state index contributed by atoms with van der Waals surface area (Å²) in [7, 11) is 0. The van der Waals surface area contributed by atoms with Crippen LogP contribution in [-0.4, -0.2) is 26.5 Å². The molecule has 5 nitrogen and oxygen atoms in total. The molecule has 128 valence electrons. The lowest BCUT2D eigenvalue weighted by molar-refractivity contribution is 0.0892. The highest BCUT2D eigenvalue weighted by Gasteiger charge is 2.29. The number of aryl methyl sites for hydroxylation is 2. The van der Waals surface area contributed by atoms with Gasteiger partial charge in [-0.05, 0) is 49.5 Å². The zero-order valence-corrected chi connectivity index (χ0v) is 14.6. The van der Waals surface area contributed by atoms with Crippen molar-refractivity contribution in [3.05, 3.63) is 29.2 Å². The molecule has 0 saturated heterocycles. The number of nitrogens with zero attached hydrogens (tertiary/aromatic N) is 3.